The maximum atomic E-state index is 11.7. The Morgan fingerprint density at radius 2 is 2.07 bits per heavy atom. The Labute approximate surface area is 93.3 Å². The summed E-state index contributed by atoms with van der Waals surface area (Å²) in [7, 11) is 0. The van der Waals surface area contributed by atoms with Crippen molar-refractivity contribution in [3.63, 3.8) is 0 Å². The van der Waals surface area contributed by atoms with Gasteiger partial charge >= 0.3 is 6.36 Å². The largest absolute Gasteiger partial charge is 0.522 e. The van der Waals surface area contributed by atoms with Gasteiger partial charge in [0.25, 0.3) is 0 Å². The summed E-state index contributed by atoms with van der Waals surface area (Å²) in [5.74, 6) is 0. The standard InChI is InChI=1S/C9H9BrF3NO/c10-7-3-1-2-6(4-7)8(14)5-15-9(11,12)13/h1-4,8H,5,14H2/t8-/m0/s1. The molecule has 84 valence electrons. The molecule has 1 aromatic rings. The van der Waals surface area contributed by atoms with Crippen LogP contribution in [-0.4, -0.2) is 13.0 Å². The maximum absolute atomic E-state index is 11.7. The van der Waals surface area contributed by atoms with Crippen LogP contribution in [0.1, 0.15) is 11.6 Å². The van der Waals surface area contributed by atoms with Gasteiger partial charge in [0.2, 0.25) is 0 Å². The van der Waals surface area contributed by atoms with E-state index in [-0.39, 0.29) is 0 Å². The summed E-state index contributed by atoms with van der Waals surface area (Å²) in [4.78, 5) is 0. The minimum Gasteiger partial charge on any atom is -0.322 e. The van der Waals surface area contributed by atoms with Crippen molar-refractivity contribution in [2.24, 2.45) is 5.73 Å². The fourth-order valence-electron chi connectivity index (χ4n) is 1.02. The molecular weight excluding hydrogens is 275 g/mol. The second kappa shape index (κ2) is 4.96. The van der Waals surface area contributed by atoms with E-state index in [0.29, 0.717) is 5.56 Å². The minimum absolute atomic E-state index is 0.583. The van der Waals surface area contributed by atoms with Crippen LogP contribution in [0.2, 0.25) is 0 Å². The molecule has 0 heterocycles. The number of nitrogens with two attached hydrogens (primary N) is 1. The van der Waals surface area contributed by atoms with Crippen LogP contribution in [0.25, 0.3) is 0 Å². The number of alkyl halides is 3. The van der Waals surface area contributed by atoms with Gasteiger partial charge in [-0.25, -0.2) is 0 Å². The van der Waals surface area contributed by atoms with Crippen LogP contribution in [0.15, 0.2) is 28.7 Å². The zero-order chi connectivity index (χ0) is 11.5. The third-order valence-electron chi connectivity index (χ3n) is 1.70. The van der Waals surface area contributed by atoms with Crippen molar-refractivity contribution in [2.75, 3.05) is 6.61 Å². The lowest BCUT2D eigenvalue weighted by molar-refractivity contribution is -0.326. The summed E-state index contributed by atoms with van der Waals surface area (Å²) >= 11 is 3.20. The highest BCUT2D eigenvalue weighted by molar-refractivity contribution is 9.10. The number of benzene rings is 1. The van der Waals surface area contributed by atoms with E-state index in [4.69, 9.17) is 5.73 Å². The highest BCUT2D eigenvalue weighted by atomic mass is 79.9. The van der Waals surface area contributed by atoms with Gasteiger partial charge in [0.05, 0.1) is 12.6 Å². The molecule has 0 amide bonds. The van der Waals surface area contributed by atoms with Gasteiger partial charge in [0.1, 0.15) is 0 Å². The summed E-state index contributed by atoms with van der Waals surface area (Å²) in [5, 5.41) is 0. The molecule has 2 nitrogen and oxygen atoms in total. The van der Waals surface area contributed by atoms with E-state index in [2.05, 4.69) is 20.7 Å². The lowest BCUT2D eigenvalue weighted by atomic mass is 10.1. The zero-order valence-corrected chi connectivity index (χ0v) is 9.18. The first-order chi connectivity index (χ1) is 6.88. The quantitative estimate of drug-likeness (QED) is 0.926. The van der Waals surface area contributed by atoms with E-state index in [1.807, 2.05) is 0 Å². The molecule has 0 saturated heterocycles. The highest BCUT2D eigenvalue weighted by Crippen LogP contribution is 2.21. The predicted molar refractivity (Wildman–Crippen MR) is 53.1 cm³/mol. The average molecular weight is 284 g/mol. The molecule has 1 atom stereocenters. The predicted octanol–water partition coefficient (Wildman–Crippen LogP) is 2.99. The van der Waals surface area contributed by atoms with Crippen LogP contribution in [-0.2, 0) is 4.74 Å². The first-order valence-electron chi connectivity index (χ1n) is 4.10. The van der Waals surface area contributed by atoms with E-state index in [9.17, 15) is 13.2 Å². The molecule has 1 aromatic carbocycles. The molecule has 0 radical (unpaired) electrons. The Morgan fingerprint density at radius 1 is 1.40 bits per heavy atom. The van der Waals surface area contributed by atoms with Crippen LogP contribution in [0.4, 0.5) is 13.2 Å². The van der Waals surface area contributed by atoms with Crippen molar-refractivity contribution in [2.45, 2.75) is 12.4 Å². The fourth-order valence-corrected chi connectivity index (χ4v) is 1.43. The lowest BCUT2D eigenvalue weighted by Crippen LogP contribution is -2.23. The van der Waals surface area contributed by atoms with Crippen LogP contribution in [0, 0.1) is 0 Å². The van der Waals surface area contributed by atoms with Gasteiger partial charge in [-0.2, -0.15) is 0 Å². The van der Waals surface area contributed by atoms with Gasteiger partial charge in [-0.15, -0.1) is 13.2 Å². The third-order valence-corrected chi connectivity index (χ3v) is 2.20. The Hall–Kier alpha value is -0.590. The number of ether oxygens (including phenoxy) is 1. The molecule has 15 heavy (non-hydrogen) atoms. The molecular formula is C9H9BrF3NO. The van der Waals surface area contributed by atoms with Crippen molar-refractivity contribution in [1.29, 1.82) is 0 Å². The van der Waals surface area contributed by atoms with Crippen molar-refractivity contribution in [3.8, 4) is 0 Å². The van der Waals surface area contributed by atoms with Gasteiger partial charge in [-0.3, -0.25) is 4.74 Å². The van der Waals surface area contributed by atoms with Gasteiger partial charge in [-0.1, -0.05) is 28.1 Å². The van der Waals surface area contributed by atoms with Crippen LogP contribution >= 0.6 is 15.9 Å². The molecule has 0 unspecified atom stereocenters. The Bertz CT molecular complexity index is 329. The molecule has 0 spiro atoms. The van der Waals surface area contributed by atoms with E-state index >= 15 is 0 Å². The average Bonchev–Trinajstić information content (AvgIpc) is 2.13. The number of rotatable bonds is 3. The highest BCUT2D eigenvalue weighted by Gasteiger charge is 2.29. The second-order valence-electron chi connectivity index (χ2n) is 2.92. The molecule has 6 heteroatoms. The third kappa shape index (κ3) is 4.63. The molecule has 0 aromatic heterocycles. The summed E-state index contributed by atoms with van der Waals surface area (Å²) in [6.07, 6.45) is -4.64. The summed E-state index contributed by atoms with van der Waals surface area (Å²) in [5.41, 5.74) is 6.12. The minimum atomic E-state index is -4.64. The molecule has 2 N–H and O–H groups in total. The maximum Gasteiger partial charge on any atom is 0.522 e. The van der Waals surface area contributed by atoms with Gasteiger partial charge in [0.15, 0.2) is 0 Å². The number of hydrogen-bond donors (Lipinski definition) is 1. The van der Waals surface area contributed by atoms with E-state index in [1.54, 1.807) is 24.3 Å². The first-order valence-corrected chi connectivity index (χ1v) is 4.89. The van der Waals surface area contributed by atoms with Crippen molar-refractivity contribution >= 4 is 15.9 Å². The van der Waals surface area contributed by atoms with E-state index in [1.165, 1.54) is 0 Å². The van der Waals surface area contributed by atoms with Crippen LogP contribution < -0.4 is 5.73 Å². The second-order valence-corrected chi connectivity index (χ2v) is 3.83. The smallest absolute Gasteiger partial charge is 0.322 e. The lowest BCUT2D eigenvalue weighted by Gasteiger charge is -2.14. The molecule has 1 rings (SSSR count). The van der Waals surface area contributed by atoms with Crippen molar-refractivity contribution in [3.05, 3.63) is 34.3 Å². The SMILES string of the molecule is N[C@@H](COC(F)(F)F)c1cccc(Br)c1. The zero-order valence-electron chi connectivity index (χ0n) is 7.59. The Kier molecular flexibility index (Phi) is 4.12. The van der Waals surface area contributed by atoms with Crippen molar-refractivity contribution in [1.82, 2.24) is 0 Å². The molecule has 0 aliphatic rings. The normalized spacial score (nSPS) is 13.9. The molecule has 0 aliphatic carbocycles. The van der Waals surface area contributed by atoms with Gasteiger partial charge < -0.3 is 5.73 Å². The first kappa shape index (κ1) is 12.5. The number of halogens is 4. The number of hydrogen-bond acceptors (Lipinski definition) is 2. The monoisotopic (exact) mass is 283 g/mol. The van der Waals surface area contributed by atoms with Crippen molar-refractivity contribution < 1.29 is 17.9 Å². The molecule has 0 bridgehead atoms. The van der Waals surface area contributed by atoms with Crippen LogP contribution in [0.3, 0.4) is 0 Å². The summed E-state index contributed by atoms with van der Waals surface area (Å²) in [6.45, 7) is -0.583. The molecule has 0 fully saturated rings. The topological polar surface area (TPSA) is 35.2 Å². The molecule has 0 aliphatic heterocycles. The Morgan fingerprint density at radius 3 is 2.60 bits per heavy atom. The van der Waals surface area contributed by atoms with E-state index in [0.717, 1.165) is 4.47 Å². The summed E-state index contributed by atoms with van der Waals surface area (Å²) in [6, 6.07) is 5.98. The van der Waals surface area contributed by atoms with Gasteiger partial charge in [0, 0.05) is 4.47 Å². The summed E-state index contributed by atoms with van der Waals surface area (Å²) < 4.78 is 39.6. The Balaban J connectivity index is 2.58. The molecule has 0 saturated carbocycles. The van der Waals surface area contributed by atoms with E-state index < -0.39 is 19.0 Å². The van der Waals surface area contributed by atoms with Crippen LogP contribution in [0.5, 0.6) is 0 Å². The fraction of sp³-hybridized carbons (Fsp3) is 0.333. The van der Waals surface area contributed by atoms with Gasteiger partial charge in [-0.05, 0) is 17.7 Å².